The Bertz CT molecular complexity index is 1540. The molecule has 7 nitrogen and oxygen atoms in total. The second-order valence-electron chi connectivity index (χ2n) is 9.51. The molecular formula is C27H28N4O3S. The number of hydrogen-bond acceptors (Lipinski definition) is 6. The largest absolute Gasteiger partial charge is 0.337 e. The zero-order chi connectivity index (χ0) is 25.4. The molecule has 0 saturated carbocycles. The van der Waals surface area contributed by atoms with E-state index in [2.05, 4.69) is 20.0 Å². The maximum absolute atomic E-state index is 13.5. The number of hydrogen-bond donors (Lipinski definition) is 2. The van der Waals surface area contributed by atoms with Crippen LogP contribution in [0.2, 0.25) is 0 Å². The highest BCUT2D eigenvalue weighted by Gasteiger charge is 2.24. The summed E-state index contributed by atoms with van der Waals surface area (Å²) in [6.45, 7) is 9.36. The maximum Gasteiger partial charge on any atom is 0.263 e. The van der Waals surface area contributed by atoms with Crippen molar-refractivity contribution in [1.29, 1.82) is 0 Å². The SMILES string of the molecule is CC(=O)c1cccc(Nc2nc3ccccc3nc2NS(=O)(=O)c2cc(C(C)(C)C)ccc2C)c1. The van der Waals surface area contributed by atoms with E-state index in [1.165, 1.54) is 6.92 Å². The summed E-state index contributed by atoms with van der Waals surface area (Å²) in [6, 6.07) is 19.6. The van der Waals surface area contributed by atoms with Crippen molar-refractivity contribution in [3.05, 3.63) is 83.4 Å². The Morgan fingerprint density at radius 1 is 0.857 bits per heavy atom. The van der Waals surface area contributed by atoms with Gasteiger partial charge in [0.2, 0.25) is 0 Å². The Kier molecular flexibility index (Phi) is 6.34. The topological polar surface area (TPSA) is 101 Å². The molecule has 3 aromatic carbocycles. The molecule has 0 aliphatic rings. The number of nitrogens with one attached hydrogen (secondary N) is 2. The molecule has 0 aliphatic carbocycles. The van der Waals surface area contributed by atoms with Crippen molar-refractivity contribution in [2.24, 2.45) is 0 Å². The Morgan fingerprint density at radius 3 is 2.14 bits per heavy atom. The average molecular weight is 489 g/mol. The van der Waals surface area contributed by atoms with Gasteiger partial charge in [-0.15, -0.1) is 0 Å². The third-order valence-electron chi connectivity index (χ3n) is 5.68. The van der Waals surface area contributed by atoms with Crippen molar-refractivity contribution in [2.45, 2.75) is 44.9 Å². The number of benzene rings is 3. The van der Waals surface area contributed by atoms with Gasteiger partial charge in [0.25, 0.3) is 10.0 Å². The maximum atomic E-state index is 13.5. The van der Waals surface area contributed by atoms with Crippen molar-refractivity contribution in [3.63, 3.8) is 0 Å². The molecule has 4 rings (SSSR count). The number of Topliss-reactive ketones (excluding diaryl/α,β-unsaturated/α-hetero) is 1. The number of para-hydroxylation sites is 2. The lowest BCUT2D eigenvalue weighted by molar-refractivity contribution is 0.101. The molecule has 35 heavy (non-hydrogen) atoms. The highest BCUT2D eigenvalue weighted by atomic mass is 32.2. The van der Waals surface area contributed by atoms with Crippen LogP contribution in [0.25, 0.3) is 11.0 Å². The van der Waals surface area contributed by atoms with E-state index in [4.69, 9.17) is 0 Å². The van der Waals surface area contributed by atoms with Gasteiger partial charge in [0.1, 0.15) is 0 Å². The average Bonchev–Trinajstić information content (AvgIpc) is 2.79. The first-order valence-corrected chi connectivity index (χ1v) is 12.7. The molecule has 0 spiro atoms. The standard InChI is InChI=1S/C27H28N4O3S/c1-17-13-14-20(27(3,4)5)16-24(17)35(33,34)31-26-25(29-22-11-6-7-12-23(22)30-26)28-21-10-8-9-19(15-21)18(2)32/h6-16H,1-5H3,(H,28,29)(H,30,31). The van der Waals surface area contributed by atoms with Crippen LogP contribution in [0.5, 0.6) is 0 Å². The van der Waals surface area contributed by atoms with Gasteiger partial charge in [0.05, 0.1) is 15.9 Å². The summed E-state index contributed by atoms with van der Waals surface area (Å²) < 4.78 is 29.7. The number of fused-ring (bicyclic) bond motifs is 1. The highest BCUT2D eigenvalue weighted by Crippen LogP contribution is 2.30. The van der Waals surface area contributed by atoms with Gasteiger partial charge in [0.15, 0.2) is 17.4 Å². The minimum absolute atomic E-state index is 0.0671. The van der Waals surface area contributed by atoms with E-state index >= 15 is 0 Å². The van der Waals surface area contributed by atoms with Gasteiger partial charge in [-0.3, -0.25) is 9.52 Å². The molecule has 8 heteroatoms. The number of ketones is 1. The molecule has 4 aromatic rings. The van der Waals surface area contributed by atoms with Crippen LogP contribution < -0.4 is 10.0 Å². The summed E-state index contributed by atoms with van der Waals surface area (Å²) in [4.78, 5) is 21.2. The lowest BCUT2D eigenvalue weighted by atomic mass is 9.87. The Balaban J connectivity index is 1.80. The number of carbonyl (C=O) groups excluding carboxylic acids is 1. The summed E-state index contributed by atoms with van der Waals surface area (Å²) >= 11 is 0. The number of carbonyl (C=O) groups is 1. The molecule has 180 valence electrons. The second kappa shape index (κ2) is 9.11. The molecule has 0 unspecified atom stereocenters. The van der Waals surface area contributed by atoms with Crippen molar-refractivity contribution in [2.75, 3.05) is 10.0 Å². The van der Waals surface area contributed by atoms with Gasteiger partial charge >= 0.3 is 0 Å². The van der Waals surface area contributed by atoms with Crippen molar-refractivity contribution in [1.82, 2.24) is 9.97 Å². The zero-order valence-electron chi connectivity index (χ0n) is 20.4. The van der Waals surface area contributed by atoms with E-state index in [0.29, 0.717) is 27.8 Å². The number of anilines is 3. The van der Waals surface area contributed by atoms with Crippen LogP contribution in [-0.4, -0.2) is 24.2 Å². The van der Waals surface area contributed by atoms with Crippen molar-refractivity contribution in [3.8, 4) is 0 Å². The predicted molar refractivity (Wildman–Crippen MR) is 140 cm³/mol. The fraction of sp³-hybridized carbons (Fsp3) is 0.222. The van der Waals surface area contributed by atoms with Gasteiger partial charge < -0.3 is 5.32 Å². The second-order valence-corrected chi connectivity index (χ2v) is 11.2. The minimum atomic E-state index is -3.98. The molecule has 1 aromatic heterocycles. The van der Waals surface area contributed by atoms with E-state index in [1.807, 2.05) is 45.0 Å². The number of rotatable bonds is 6. The lowest BCUT2D eigenvalue weighted by Gasteiger charge is -2.21. The zero-order valence-corrected chi connectivity index (χ0v) is 21.2. The van der Waals surface area contributed by atoms with E-state index in [-0.39, 0.29) is 27.7 Å². The Labute approximate surface area is 205 Å². The Hall–Kier alpha value is -3.78. The van der Waals surface area contributed by atoms with Gasteiger partial charge in [-0.2, -0.15) is 0 Å². The van der Waals surface area contributed by atoms with Crippen LogP contribution >= 0.6 is 0 Å². The van der Waals surface area contributed by atoms with E-state index in [1.54, 1.807) is 49.4 Å². The van der Waals surface area contributed by atoms with Crippen LogP contribution in [0.3, 0.4) is 0 Å². The molecule has 1 heterocycles. The molecule has 0 aliphatic heterocycles. The van der Waals surface area contributed by atoms with Crippen LogP contribution in [-0.2, 0) is 15.4 Å². The molecule has 0 amide bonds. The smallest absolute Gasteiger partial charge is 0.263 e. The summed E-state index contributed by atoms with van der Waals surface area (Å²) in [5, 5.41) is 3.13. The highest BCUT2D eigenvalue weighted by molar-refractivity contribution is 7.92. The first-order chi connectivity index (χ1) is 16.4. The number of aryl methyl sites for hydroxylation is 1. The van der Waals surface area contributed by atoms with E-state index < -0.39 is 10.0 Å². The van der Waals surface area contributed by atoms with Gasteiger partial charge in [-0.25, -0.2) is 18.4 Å². The fourth-order valence-electron chi connectivity index (χ4n) is 3.65. The van der Waals surface area contributed by atoms with Gasteiger partial charge in [-0.1, -0.05) is 57.2 Å². The predicted octanol–water partition coefficient (Wildman–Crippen LogP) is 5.98. The molecule has 0 saturated heterocycles. The minimum Gasteiger partial charge on any atom is -0.337 e. The van der Waals surface area contributed by atoms with Crippen molar-refractivity contribution >= 4 is 44.2 Å². The molecular weight excluding hydrogens is 460 g/mol. The van der Waals surface area contributed by atoms with Crippen LogP contribution in [0, 0.1) is 6.92 Å². The third-order valence-corrected chi connectivity index (χ3v) is 7.16. The lowest BCUT2D eigenvalue weighted by Crippen LogP contribution is -2.19. The summed E-state index contributed by atoms with van der Waals surface area (Å²) in [5.74, 6) is 0.225. The molecule has 0 atom stereocenters. The first kappa shape index (κ1) is 24.3. The summed E-state index contributed by atoms with van der Waals surface area (Å²) in [7, 11) is -3.98. The van der Waals surface area contributed by atoms with Gasteiger partial charge in [0, 0.05) is 11.3 Å². The number of aromatic nitrogens is 2. The monoisotopic (exact) mass is 488 g/mol. The normalized spacial score (nSPS) is 11.9. The third kappa shape index (κ3) is 5.33. The fourth-order valence-corrected chi connectivity index (χ4v) is 4.93. The molecule has 2 N–H and O–H groups in total. The number of sulfonamides is 1. The Morgan fingerprint density at radius 2 is 1.51 bits per heavy atom. The van der Waals surface area contributed by atoms with Crippen LogP contribution in [0.15, 0.2) is 71.6 Å². The van der Waals surface area contributed by atoms with Gasteiger partial charge in [-0.05, 0) is 60.7 Å². The first-order valence-electron chi connectivity index (χ1n) is 11.2. The van der Waals surface area contributed by atoms with E-state index in [0.717, 1.165) is 5.56 Å². The van der Waals surface area contributed by atoms with Crippen LogP contribution in [0.1, 0.15) is 49.2 Å². The van der Waals surface area contributed by atoms with Crippen LogP contribution in [0.4, 0.5) is 17.3 Å². The molecule has 0 bridgehead atoms. The summed E-state index contributed by atoms with van der Waals surface area (Å²) in [6.07, 6.45) is 0. The number of nitrogens with zero attached hydrogens (tertiary/aromatic N) is 2. The van der Waals surface area contributed by atoms with E-state index in [9.17, 15) is 13.2 Å². The molecule has 0 radical (unpaired) electrons. The molecule has 0 fully saturated rings. The van der Waals surface area contributed by atoms with Crippen molar-refractivity contribution < 1.29 is 13.2 Å². The quantitative estimate of drug-likeness (QED) is 0.324. The summed E-state index contributed by atoms with van der Waals surface area (Å²) in [5.41, 5.74) is 3.60.